The molecule has 2 aromatic heterocycles. The van der Waals surface area contributed by atoms with Crippen molar-refractivity contribution in [2.75, 3.05) is 5.32 Å². The Kier molecular flexibility index (Phi) is 5.58. The third-order valence-electron chi connectivity index (χ3n) is 5.84. The van der Waals surface area contributed by atoms with Crippen LogP contribution in [0.5, 0.6) is 0 Å². The highest BCUT2D eigenvalue weighted by molar-refractivity contribution is 6.04. The molecule has 1 saturated carbocycles. The first kappa shape index (κ1) is 21.1. The molecule has 0 saturated heterocycles. The van der Waals surface area contributed by atoms with E-state index in [-0.39, 0.29) is 17.7 Å². The van der Waals surface area contributed by atoms with E-state index in [1.807, 2.05) is 10.9 Å². The number of carbonyl (C=O) groups is 2. The highest BCUT2D eigenvalue weighted by Gasteiger charge is 2.26. The maximum absolute atomic E-state index is 13.1. The van der Waals surface area contributed by atoms with Gasteiger partial charge in [-0.05, 0) is 63.8 Å². The maximum atomic E-state index is 13.1. The molecule has 1 aliphatic rings. The molecule has 0 bridgehead atoms. The quantitative estimate of drug-likeness (QED) is 0.604. The summed E-state index contributed by atoms with van der Waals surface area (Å²) in [6, 6.07) is 6.25. The lowest BCUT2D eigenvalue weighted by atomic mass is 9.87. The topological polar surface area (TPSA) is 97.1 Å². The molecule has 0 atom stereocenters. The Hall–Kier alpha value is -3.13. The summed E-state index contributed by atoms with van der Waals surface area (Å²) in [6.45, 7) is 3.27. The number of anilines is 1. The molecule has 0 aliphatic heterocycles. The van der Waals surface area contributed by atoms with Crippen molar-refractivity contribution in [3.05, 3.63) is 53.7 Å². The summed E-state index contributed by atoms with van der Waals surface area (Å²) in [7, 11) is 0. The zero-order chi connectivity index (χ0) is 22.2. The van der Waals surface area contributed by atoms with Crippen molar-refractivity contribution in [3.8, 4) is 0 Å². The summed E-state index contributed by atoms with van der Waals surface area (Å²) in [4.78, 5) is 27.5. The van der Waals surface area contributed by atoms with Crippen LogP contribution in [0.1, 0.15) is 61.6 Å². The molecule has 0 spiro atoms. The van der Waals surface area contributed by atoms with E-state index < -0.39 is 17.3 Å². The monoisotopic (exact) mass is 424 g/mol. The van der Waals surface area contributed by atoms with Gasteiger partial charge in [-0.1, -0.05) is 0 Å². The molecule has 4 rings (SSSR count). The minimum atomic E-state index is -1.22. The molecule has 1 aromatic carbocycles. The minimum Gasteiger partial charge on any atom is -0.386 e. The van der Waals surface area contributed by atoms with Crippen LogP contribution in [0.3, 0.4) is 0 Å². The summed E-state index contributed by atoms with van der Waals surface area (Å²) in [6.07, 6.45) is 7.43. The molecule has 7 nitrogen and oxygen atoms in total. The Morgan fingerprint density at radius 2 is 2.00 bits per heavy atom. The number of nitrogens with one attached hydrogen (secondary N) is 1. The van der Waals surface area contributed by atoms with Crippen LogP contribution in [0.25, 0.3) is 10.9 Å². The summed E-state index contributed by atoms with van der Waals surface area (Å²) in [5.41, 5.74) is 0.530. The number of carbonyl (C=O) groups excluding carboxylic acids is 2. The predicted molar refractivity (Wildman–Crippen MR) is 114 cm³/mol. The second-order valence-electron chi connectivity index (χ2n) is 8.65. The molecule has 162 valence electrons. The fourth-order valence-corrected chi connectivity index (χ4v) is 4.09. The molecular weight excluding hydrogens is 399 g/mol. The Morgan fingerprint density at radius 1 is 1.26 bits per heavy atom. The van der Waals surface area contributed by atoms with E-state index in [9.17, 15) is 19.1 Å². The van der Waals surface area contributed by atoms with Crippen molar-refractivity contribution in [3.63, 3.8) is 0 Å². The van der Waals surface area contributed by atoms with E-state index >= 15 is 0 Å². The first-order valence-electron chi connectivity index (χ1n) is 10.4. The average Bonchev–Trinajstić information content (AvgIpc) is 3.16. The van der Waals surface area contributed by atoms with E-state index in [4.69, 9.17) is 5.10 Å². The number of fused-ring (bicyclic) bond motifs is 1. The molecule has 2 heterocycles. The highest BCUT2D eigenvalue weighted by atomic mass is 19.1. The van der Waals surface area contributed by atoms with Gasteiger partial charge in [-0.15, -0.1) is 0 Å². The van der Waals surface area contributed by atoms with Crippen molar-refractivity contribution in [2.45, 2.75) is 51.2 Å². The van der Waals surface area contributed by atoms with Crippen LogP contribution < -0.4 is 5.32 Å². The van der Waals surface area contributed by atoms with Gasteiger partial charge in [-0.2, -0.15) is 5.10 Å². The molecule has 8 heteroatoms. The number of aldehydes is 1. The van der Waals surface area contributed by atoms with Gasteiger partial charge in [0.25, 0.3) is 5.91 Å². The molecule has 3 aromatic rings. The number of aromatic nitrogens is 3. The number of pyridine rings is 1. The van der Waals surface area contributed by atoms with Crippen molar-refractivity contribution >= 4 is 28.8 Å². The molecule has 1 fully saturated rings. The van der Waals surface area contributed by atoms with Crippen LogP contribution in [0.2, 0.25) is 0 Å². The number of rotatable bonds is 5. The SMILES string of the molecule is CC(C)(O)c1cc2nn(C3CCC(C=O)CC3)cc2cc1NC(=O)c1ccc(F)cn1. The molecule has 0 radical (unpaired) electrons. The lowest BCUT2D eigenvalue weighted by Gasteiger charge is -2.25. The van der Waals surface area contributed by atoms with Gasteiger partial charge in [0, 0.05) is 28.8 Å². The Bertz CT molecular complexity index is 1110. The van der Waals surface area contributed by atoms with Gasteiger partial charge >= 0.3 is 0 Å². The molecule has 31 heavy (non-hydrogen) atoms. The minimum absolute atomic E-state index is 0.0748. The van der Waals surface area contributed by atoms with E-state index in [1.54, 1.807) is 26.0 Å². The number of hydrogen-bond donors (Lipinski definition) is 2. The lowest BCUT2D eigenvalue weighted by molar-refractivity contribution is -0.112. The third-order valence-corrected chi connectivity index (χ3v) is 5.84. The second-order valence-corrected chi connectivity index (χ2v) is 8.65. The number of nitrogens with zero attached hydrogens (tertiary/aromatic N) is 3. The summed E-state index contributed by atoms with van der Waals surface area (Å²) in [5, 5.41) is 19.0. The van der Waals surface area contributed by atoms with Crippen molar-refractivity contribution in [1.29, 1.82) is 0 Å². The average molecular weight is 424 g/mol. The predicted octanol–water partition coefficient (Wildman–Crippen LogP) is 3.98. The Morgan fingerprint density at radius 3 is 2.61 bits per heavy atom. The molecular formula is C23H25FN4O3. The van der Waals surface area contributed by atoms with Gasteiger partial charge < -0.3 is 15.2 Å². The van der Waals surface area contributed by atoms with Crippen LogP contribution in [0, 0.1) is 11.7 Å². The van der Waals surface area contributed by atoms with Crippen LogP contribution in [0.4, 0.5) is 10.1 Å². The van der Waals surface area contributed by atoms with Gasteiger partial charge in [0.2, 0.25) is 0 Å². The number of halogens is 1. The van der Waals surface area contributed by atoms with Crippen LogP contribution in [-0.2, 0) is 10.4 Å². The highest BCUT2D eigenvalue weighted by Crippen LogP contribution is 2.35. The third kappa shape index (κ3) is 4.49. The summed E-state index contributed by atoms with van der Waals surface area (Å²) in [5.74, 6) is -0.890. The summed E-state index contributed by atoms with van der Waals surface area (Å²) < 4.78 is 15.0. The first-order valence-corrected chi connectivity index (χ1v) is 10.4. The van der Waals surface area contributed by atoms with E-state index in [2.05, 4.69) is 10.3 Å². The normalized spacial score (nSPS) is 19.4. The maximum Gasteiger partial charge on any atom is 0.274 e. The van der Waals surface area contributed by atoms with E-state index in [1.165, 1.54) is 12.1 Å². The number of benzene rings is 1. The van der Waals surface area contributed by atoms with Crippen LogP contribution >= 0.6 is 0 Å². The molecule has 2 N–H and O–H groups in total. The van der Waals surface area contributed by atoms with E-state index in [0.717, 1.165) is 43.6 Å². The zero-order valence-electron chi connectivity index (χ0n) is 17.5. The fraction of sp³-hybridized carbons (Fsp3) is 0.391. The van der Waals surface area contributed by atoms with Gasteiger partial charge in [0.1, 0.15) is 17.8 Å². The van der Waals surface area contributed by atoms with Crippen molar-refractivity contribution < 1.29 is 19.1 Å². The zero-order valence-corrected chi connectivity index (χ0v) is 17.5. The van der Waals surface area contributed by atoms with Gasteiger partial charge in [0.15, 0.2) is 0 Å². The van der Waals surface area contributed by atoms with Gasteiger partial charge in [0.05, 0.1) is 23.4 Å². The van der Waals surface area contributed by atoms with Gasteiger partial charge in [-0.3, -0.25) is 9.48 Å². The van der Waals surface area contributed by atoms with Gasteiger partial charge in [-0.25, -0.2) is 9.37 Å². The van der Waals surface area contributed by atoms with Crippen LogP contribution in [-0.4, -0.2) is 32.1 Å². The summed E-state index contributed by atoms with van der Waals surface area (Å²) >= 11 is 0. The number of hydrogen-bond acceptors (Lipinski definition) is 5. The Balaban J connectivity index is 1.66. The molecule has 0 unspecified atom stereocenters. The standard InChI is InChI=1S/C23H25FN4O3/c1-23(2,31)18-10-20-15(12-28(27-20)17-6-3-14(13-29)4-7-17)9-21(18)26-22(30)19-8-5-16(24)11-25-19/h5,8-14,17,31H,3-4,6-7H2,1-2H3,(H,26,30). The van der Waals surface area contributed by atoms with Crippen LogP contribution in [0.15, 0.2) is 36.7 Å². The van der Waals surface area contributed by atoms with Crippen molar-refractivity contribution in [2.24, 2.45) is 5.92 Å². The largest absolute Gasteiger partial charge is 0.386 e. The molecule has 1 amide bonds. The lowest BCUT2D eigenvalue weighted by Crippen LogP contribution is -2.21. The first-order chi connectivity index (χ1) is 14.7. The molecule has 1 aliphatic carbocycles. The van der Waals surface area contributed by atoms with Crippen molar-refractivity contribution in [1.82, 2.24) is 14.8 Å². The Labute approximate surface area is 179 Å². The fourth-order valence-electron chi connectivity index (χ4n) is 4.09. The second kappa shape index (κ2) is 8.19. The number of amides is 1. The number of aliphatic hydroxyl groups is 1. The smallest absolute Gasteiger partial charge is 0.274 e. The van der Waals surface area contributed by atoms with E-state index in [0.29, 0.717) is 16.8 Å².